The van der Waals surface area contributed by atoms with Gasteiger partial charge in [-0.1, -0.05) is 68.5 Å². The highest BCUT2D eigenvalue weighted by Crippen LogP contribution is 2.24. The summed E-state index contributed by atoms with van der Waals surface area (Å²) in [5.74, 6) is 0.215. The van der Waals surface area contributed by atoms with Gasteiger partial charge in [0.05, 0.1) is 6.04 Å². The highest BCUT2D eigenvalue weighted by molar-refractivity contribution is 5.86. The molecule has 0 saturated heterocycles. The van der Waals surface area contributed by atoms with E-state index in [-0.39, 0.29) is 11.8 Å². The van der Waals surface area contributed by atoms with Crippen LogP contribution in [0.1, 0.15) is 75.3 Å². The molecule has 0 aliphatic heterocycles. The van der Waals surface area contributed by atoms with Crippen LogP contribution in [0.5, 0.6) is 0 Å². The van der Waals surface area contributed by atoms with Crippen LogP contribution in [0.15, 0.2) is 36.4 Å². The first-order valence-corrected chi connectivity index (χ1v) is 11.3. The molecule has 4 heteroatoms. The second kappa shape index (κ2) is 13.5. The van der Waals surface area contributed by atoms with Gasteiger partial charge in [0.25, 0.3) is 0 Å². The molecule has 0 saturated carbocycles. The van der Waals surface area contributed by atoms with Crippen LogP contribution in [0.2, 0.25) is 0 Å². The first-order chi connectivity index (χ1) is 14.2. The van der Waals surface area contributed by atoms with E-state index in [0.29, 0.717) is 19.5 Å². The Morgan fingerprint density at radius 2 is 1.55 bits per heavy atom. The number of aryl methyl sites for hydroxylation is 1. The lowest BCUT2D eigenvalue weighted by molar-refractivity contribution is -0.120. The van der Waals surface area contributed by atoms with Gasteiger partial charge in [0.1, 0.15) is 5.78 Å². The molecule has 2 rings (SSSR count). The van der Waals surface area contributed by atoms with Crippen molar-refractivity contribution in [3.05, 3.63) is 47.5 Å². The van der Waals surface area contributed by atoms with Gasteiger partial charge in [-0.3, -0.25) is 4.79 Å². The Bertz CT molecular complexity index is 744. The molecule has 2 aromatic rings. The normalized spacial score (nSPS) is 12.4. The number of fused-ring (bicyclic) bond motifs is 1. The number of benzene rings is 2. The fourth-order valence-electron chi connectivity index (χ4n) is 4.03. The molecule has 1 atom stereocenters. The van der Waals surface area contributed by atoms with Gasteiger partial charge in [-0.25, -0.2) is 0 Å². The summed E-state index contributed by atoms with van der Waals surface area (Å²) in [5.41, 5.74) is 20.2. The average Bonchev–Trinajstić information content (AvgIpc) is 2.75. The van der Waals surface area contributed by atoms with Gasteiger partial charge in [-0.05, 0) is 60.5 Å². The van der Waals surface area contributed by atoms with Crippen molar-refractivity contribution in [2.45, 2.75) is 83.2 Å². The first-order valence-electron chi connectivity index (χ1n) is 11.3. The molecular formula is C25H39N3O. The Morgan fingerprint density at radius 1 is 0.828 bits per heavy atom. The fraction of sp³-hybridized carbons (Fsp3) is 0.560. The Kier molecular flexibility index (Phi) is 10.9. The Hall–Kier alpha value is -1.75. The maximum atomic E-state index is 12.0. The fourth-order valence-corrected chi connectivity index (χ4v) is 4.03. The van der Waals surface area contributed by atoms with Crippen molar-refractivity contribution in [3.63, 3.8) is 0 Å². The minimum atomic E-state index is -0.291. The predicted molar refractivity (Wildman–Crippen MR) is 124 cm³/mol. The smallest absolute Gasteiger partial charge is 0.149 e. The van der Waals surface area contributed by atoms with Crippen molar-refractivity contribution in [2.24, 2.45) is 17.2 Å². The third kappa shape index (κ3) is 7.88. The highest BCUT2D eigenvalue weighted by atomic mass is 16.1. The molecule has 4 nitrogen and oxygen atoms in total. The second-order valence-corrected chi connectivity index (χ2v) is 8.11. The predicted octanol–water partition coefficient (Wildman–Crippen LogP) is 4.60. The zero-order valence-corrected chi connectivity index (χ0v) is 17.9. The lowest BCUT2D eigenvalue weighted by atomic mass is 9.95. The second-order valence-electron chi connectivity index (χ2n) is 8.11. The lowest BCUT2D eigenvalue weighted by Crippen LogP contribution is -2.30. The van der Waals surface area contributed by atoms with Gasteiger partial charge in [0.15, 0.2) is 0 Å². The van der Waals surface area contributed by atoms with Gasteiger partial charge < -0.3 is 17.2 Å². The number of nitrogens with two attached hydrogens (primary N) is 3. The molecule has 0 spiro atoms. The Labute approximate surface area is 176 Å². The topological polar surface area (TPSA) is 95.1 Å². The molecule has 0 amide bonds. The van der Waals surface area contributed by atoms with Gasteiger partial charge in [-0.15, -0.1) is 0 Å². The van der Waals surface area contributed by atoms with E-state index in [9.17, 15) is 4.79 Å². The molecule has 0 bridgehead atoms. The molecule has 2 aromatic carbocycles. The van der Waals surface area contributed by atoms with E-state index in [1.54, 1.807) is 0 Å². The molecule has 0 radical (unpaired) electrons. The number of carbonyl (C=O) groups is 1. The van der Waals surface area contributed by atoms with Crippen LogP contribution in [0.4, 0.5) is 0 Å². The summed E-state index contributed by atoms with van der Waals surface area (Å²) < 4.78 is 0. The lowest BCUT2D eigenvalue weighted by Gasteiger charge is -2.12. The summed E-state index contributed by atoms with van der Waals surface area (Å²) in [7, 11) is 0. The van der Waals surface area contributed by atoms with Crippen molar-refractivity contribution in [1.29, 1.82) is 0 Å². The Morgan fingerprint density at radius 3 is 2.31 bits per heavy atom. The number of unbranched alkanes of at least 4 members (excludes halogenated alkanes) is 6. The molecule has 0 aliphatic rings. The van der Waals surface area contributed by atoms with Crippen LogP contribution in [0, 0.1) is 0 Å². The van der Waals surface area contributed by atoms with Gasteiger partial charge in [0, 0.05) is 13.0 Å². The van der Waals surface area contributed by atoms with Crippen LogP contribution in [-0.2, 0) is 17.8 Å². The van der Waals surface area contributed by atoms with Gasteiger partial charge in [0.2, 0.25) is 0 Å². The number of hydrogen-bond donors (Lipinski definition) is 3. The molecule has 29 heavy (non-hydrogen) atoms. The van der Waals surface area contributed by atoms with Gasteiger partial charge in [-0.2, -0.15) is 0 Å². The van der Waals surface area contributed by atoms with E-state index in [1.807, 2.05) is 0 Å². The summed E-state index contributed by atoms with van der Waals surface area (Å²) in [5, 5.41) is 2.56. The number of carbonyl (C=O) groups excluding carboxylic acids is 1. The number of rotatable bonds is 15. The minimum Gasteiger partial charge on any atom is -0.330 e. The minimum absolute atomic E-state index is 0.215. The maximum Gasteiger partial charge on any atom is 0.149 e. The quantitative estimate of drug-likeness (QED) is 0.383. The summed E-state index contributed by atoms with van der Waals surface area (Å²) >= 11 is 0. The van der Waals surface area contributed by atoms with E-state index in [2.05, 4.69) is 36.4 Å². The van der Waals surface area contributed by atoms with Crippen LogP contribution in [0.25, 0.3) is 10.8 Å². The monoisotopic (exact) mass is 397 g/mol. The third-order valence-corrected chi connectivity index (χ3v) is 5.84. The van der Waals surface area contributed by atoms with E-state index in [4.69, 9.17) is 17.2 Å². The number of ketones is 1. The zero-order valence-electron chi connectivity index (χ0n) is 17.9. The molecule has 0 aromatic heterocycles. The van der Waals surface area contributed by atoms with E-state index in [1.165, 1.54) is 47.6 Å². The van der Waals surface area contributed by atoms with Crippen molar-refractivity contribution in [1.82, 2.24) is 0 Å². The maximum absolute atomic E-state index is 12.0. The van der Waals surface area contributed by atoms with Crippen LogP contribution in [0.3, 0.4) is 0 Å². The number of hydrogen-bond acceptors (Lipinski definition) is 4. The highest BCUT2D eigenvalue weighted by Gasteiger charge is 2.12. The summed E-state index contributed by atoms with van der Waals surface area (Å²) in [6.07, 6.45) is 11.3. The van der Waals surface area contributed by atoms with E-state index >= 15 is 0 Å². The zero-order chi connectivity index (χ0) is 20.9. The van der Waals surface area contributed by atoms with Crippen molar-refractivity contribution in [3.8, 4) is 0 Å². The average molecular weight is 398 g/mol. The first kappa shape index (κ1) is 23.5. The summed E-state index contributed by atoms with van der Waals surface area (Å²) in [4.78, 5) is 12.0. The molecule has 0 fully saturated rings. The van der Waals surface area contributed by atoms with E-state index < -0.39 is 0 Å². The van der Waals surface area contributed by atoms with Crippen molar-refractivity contribution >= 4 is 16.6 Å². The molecule has 0 unspecified atom stereocenters. The molecule has 160 valence electrons. The summed E-state index contributed by atoms with van der Waals surface area (Å²) in [6, 6.07) is 12.6. The summed E-state index contributed by atoms with van der Waals surface area (Å²) in [6.45, 7) is 1.27. The van der Waals surface area contributed by atoms with Crippen LogP contribution >= 0.6 is 0 Å². The number of Topliss-reactive ketones (excluding diaryl/α,β-unsaturated/α-hetero) is 1. The molecule has 0 heterocycles. The van der Waals surface area contributed by atoms with Crippen LogP contribution < -0.4 is 17.2 Å². The molecular weight excluding hydrogens is 358 g/mol. The molecule has 0 aliphatic carbocycles. The third-order valence-electron chi connectivity index (χ3n) is 5.84. The van der Waals surface area contributed by atoms with E-state index in [0.717, 1.165) is 38.5 Å². The van der Waals surface area contributed by atoms with Crippen molar-refractivity contribution < 1.29 is 4.79 Å². The largest absolute Gasteiger partial charge is 0.330 e. The van der Waals surface area contributed by atoms with Crippen molar-refractivity contribution in [2.75, 3.05) is 6.54 Å². The van der Waals surface area contributed by atoms with Crippen LogP contribution in [-0.4, -0.2) is 18.4 Å². The Balaban J connectivity index is 1.60. The molecule has 6 N–H and O–H groups in total. The van der Waals surface area contributed by atoms with Gasteiger partial charge >= 0.3 is 0 Å². The standard InChI is InChI=1S/C25H39N3O/c26-18-10-9-14-24(28)25(29)15-6-4-2-1-3-5-11-21-17-16-20-12-7-8-13-22(20)23(21)19-27/h7-8,12-13,16-17,24H,1-6,9-11,14-15,18-19,26-28H2/t24-/m0/s1. The SMILES string of the molecule is NCCCC[C@H](N)C(=O)CCCCCCCCc1ccc2ccccc2c1CN.